The van der Waals surface area contributed by atoms with Crippen molar-refractivity contribution in [3.05, 3.63) is 66.2 Å². The second-order valence-electron chi connectivity index (χ2n) is 7.08. The molecule has 1 aromatic carbocycles. The molecule has 0 radical (unpaired) electrons. The number of aromatic nitrogens is 3. The first-order valence-corrected chi connectivity index (χ1v) is 9.22. The Labute approximate surface area is 163 Å². The maximum Gasteiger partial charge on any atom is 0.228 e. The third-order valence-corrected chi connectivity index (χ3v) is 4.93. The van der Waals surface area contributed by atoms with Crippen LogP contribution in [0, 0.1) is 5.92 Å². The minimum atomic E-state index is -0.331. The molecule has 7 heteroatoms. The van der Waals surface area contributed by atoms with Gasteiger partial charge in [0, 0.05) is 39.0 Å². The van der Waals surface area contributed by atoms with Crippen LogP contribution < -0.4 is 0 Å². The van der Waals surface area contributed by atoms with Crippen molar-refractivity contribution >= 4 is 22.8 Å². The van der Waals surface area contributed by atoms with Crippen LogP contribution in [-0.2, 0) is 22.7 Å². The average Bonchev–Trinajstić information content (AvgIpc) is 3.08. The maximum absolute atomic E-state index is 12.8. The Balaban J connectivity index is 1.40. The minimum absolute atomic E-state index is 0.00102. The molecule has 0 aliphatic carbocycles. The van der Waals surface area contributed by atoms with Gasteiger partial charge in [0.25, 0.3) is 0 Å². The minimum Gasteiger partial charge on any atom is -0.339 e. The molecule has 0 spiro atoms. The van der Waals surface area contributed by atoms with Crippen LogP contribution in [0.3, 0.4) is 0 Å². The Morgan fingerprint density at radius 2 is 2.00 bits per heavy atom. The van der Waals surface area contributed by atoms with Crippen molar-refractivity contribution in [1.29, 1.82) is 0 Å². The smallest absolute Gasteiger partial charge is 0.228 e. The zero-order chi connectivity index (χ0) is 19.5. The van der Waals surface area contributed by atoms with E-state index in [9.17, 15) is 9.59 Å². The average molecular weight is 375 g/mol. The van der Waals surface area contributed by atoms with Gasteiger partial charge in [-0.25, -0.2) is 4.98 Å². The molecule has 1 fully saturated rings. The third kappa shape index (κ3) is 3.83. The van der Waals surface area contributed by atoms with E-state index in [1.54, 1.807) is 35.4 Å². The largest absolute Gasteiger partial charge is 0.339 e. The molecule has 3 heterocycles. The number of carbonyl (C=O) groups excluding carboxylic acids is 2. The van der Waals surface area contributed by atoms with Crippen molar-refractivity contribution in [2.24, 2.45) is 5.92 Å². The fraction of sp³-hybridized carbons (Fsp3) is 0.286. The second kappa shape index (κ2) is 7.72. The van der Waals surface area contributed by atoms with E-state index in [2.05, 4.69) is 15.0 Å². The number of fused-ring (bicyclic) bond motifs is 1. The van der Waals surface area contributed by atoms with Crippen LogP contribution in [0.15, 0.2) is 55.0 Å². The first-order valence-electron chi connectivity index (χ1n) is 9.22. The van der Waals surface area contributed by atoms with Crippen molar-refractivity contribution in [2.75, 3.05) is 13.6 Å². The van der Waals surface area contributed by atoms with E-state index >= 15 is 0 Å². The fourth-order valence-electron chi connectivity index (χ4n) is 3.51. The summed E-state index contributed by atoms with van der Waals surface area (Å²) >= 11 is 0. The number of nitrogens with zero attached hydrogens (tertiary/aromatic N) is 5. The van der Waals surface area contributed by atoms with Crippen molar-refractivity contribution in [3.63, 3.8) is 0 Å². The van der Waals surface area contributed by atoms with E-state index in [1.807, 2.05) is 36.4 Å². The quantitative estimate of drug-likeness (QED) is 0.682. The highest BCUT2D eigenvalue weighted by Crippen LogP contribution is 2.22. The van der Waals surface area contributed by atoms with E-state index in [0.717, 1.165) is 22.3 Å². The summed E-state index contributed by atoms with van der Waals surface area (Å²) in [7, 11) is 1.74. The normalized spacial score (nSPS) is 16.5. The van der Waals surface area contributed by atoms with Crippen LogP contribution in [0.4, 0.5) is 0 Å². The van der Waals surface area contributed by atoms with Gasteiger partial charge in [-0.05, 0) is 23.8 Å². The Bertz CT molecular complexity index is 1010. The van der Waals surface area contributed by atoms with Gasteiger partial charge in [0.1, 0.15) is 0 Å². The summed E-state index contributed by atoms with van der Waals surface area (Å²) < 4.78 is 0. The molecular formula is C21H21N5O2. The topological polar surface area (TPSA) is 79.3 Å². The zero-order valence-electron chi connectivity index (χ0n) is 15.7. The first-order chi connectivity index (χ1) is 13.6. The number of carbonyl (C=O) groups is 2. The lowest BCUT2D eigenvalue weighted by Crippen LogP contribution is -2.34. The molecule has 142 valence electrons. The number of hydrogen-bond acceptors (Lipinski definition) is 5. The number of likely N-dealkylation sites (tertiary alicyclic amines) is 1. The van der Waals surface area contributed by atoms with Crippen molar-refractivity contribution < 1.29 is 9.59 Å². The highest BCUT2D eigenvalue weighted by Gasteiger charge is 2.35. The highest BCUT2D eigenvalue weighted by atomic mass is 16.2. The summed E-state index contributed by atoms with van der Waals surface area (Å²) in [6.45, 7) is 1.28. The van der Waals surface area contributed by atoms with Gasteiger partial charge in [-0.2, -0.15) is 0 Å². The second-order valence-corrected chi connectivity index (χ2v) is 7.08. The molecule has 4 rings (SSSR count). The van der Waals surface area contributed by atoms with Crippen LogP contribution in [0.2, 0.25) is 0 Å². The monoisotopic (exact) mass is 375 g/mol. The van der Waals surface area contributed by atoms with Crippen LogP contribution in [-0.4, -0.2) is 50.2 Å². The van der Waals surface area contributed by atoms with E-state index < -0.39 is 0 Å². The van der Waals surface area contributed by atoms with Crippen molar-refractivity contribution in [2.45, 2.75) is 19.5 Å². The Morgan fingerprint density at radius 1 is 1.18 bits per heavy atom. The molecular weight excluding hydrogens is 354 g/mol. The van der Waals surface area contributed by atoms with Gasteiger partial charge in [-0.1, -0.05) is 18.2 Å². The van der Waals surface area contributed by atoms with Gasteiger partial charge in [0.2, 0.25) is 11.8 Å². The van der Waals surface area contributed by atoms with E-state index in [4.69, 9.17) is 0 Å². The van der Waals surface area contributed by atoms with Gasteiger partial charge in [0.15, 0.2) is 0 Å². The predicted octanol–water partition coefficient (Wildman–Crippen LogP) is 2.03. The fourth-order valence-corrected chi connectivity index (χ4v) is 3.51. The van der Waals surface area contributed by atoms with Crippen LogP contribution >= 0.6 is 0 Å². The molecule has 0 N–H and O–H groups in total. The Hall–Kier alpha value is -3.35. The number of para-hydroxylation sites is 2. The number of benzene rings is 1. The van der Waals surface area contributed by atoms with Crippen LogP contribution in [0.5, 0.6) is 0 Å². The molecule has 2 amide bonds. The summed E-state index contributed by atoms with van der Waals surface area (Å²) in [6, 6.07) is 11.4. The van der Waals surface area contributed by atoms with Gasteiger partial charge < -0.3 is 9.80 Å². The molecule has 1 saturated heterocycles. The van der Waals surface area contributed by atoms with E-state index in [1.165, 1.54) is 0 Å². The predicted molar refractivity (Wildman–Crippen MR) is 104 cm³/mol. The van der Waals surface area contributed by atoms with Crippen LogP contribution in [0.1, 0.15) is 17.7 Å². The molecule has 0 bridgehead atoms. The molecule has 1 aliphatic heterocycles. The molecule has 1 unspecified atom stereocenters. The van der Waals surface area contributed by atoms with Gasteiger partial charge in [-0.15, -0.1) is 0 Å². The summed E-state index contributed by atoms with van der Waals surface area (Å²) in [5.41, 5.74) is 3.32. The molecule has 2 aromatic heterocycles. The van der Waals surface area contributed by atoms with E-state index in [0.29, 0.717) is 19.6 Å². The lowest BCUT2D eigenvalue weighted by Gasteiger charge is -2.21. The lowest BCUT2D eigenvalue weighted by molar-refractivity contribution is -0.135. The van der Waals surface area contributed by atoms with Crippen molar-refractivity contribution in [1.82, 2.24) is 24.8 Å². The number of amides is 2. The summed E-state index contributed by atoms with van der Waals surface area (Å²) in [5, 5.41) is 0. The number of hydrogen-bond donors (Lipinski definition) is 0. The molecule has 28 heavy (non-hydrogen) atoms. The molecule has 3 aromatic rings. The third-order valence-electron chi connectivity index (χ3n) is 4.93. The summed E-state index contributed by atoms with van der Waals surface area (Å²) in [5.74, 6) is -0.374. The maximum atomic E-state index is 12.8. The standard InChI is InChI=1S/C21H21N5O2/c1-25(14-17-11-23-18-6-2-3-7-19(18)24-17)21(28)16-9-20(27)26(13-16)12-15-5-4-8-22-10-15/h2-8,10-11,16H,9,12-14H2,1H3. The molecule has 1 atom stereocenters. The van der Waals surface area contributed by atoms with Crippen LogP contribution in [0.25, 0.3) is 11.0 Å². The van der Waals surface area contributed by atoms with Gasteiger partial charge in [-0.3, -0.25) is 19.6 Å². The summed E-state index contributed by atoms with van der Waals surface area (Å²) in [6.07, 6.45) is 5.38. The molecule has 1 aliphatic rings. The highest BCUT2D eigenvalue weighted by molar-refractivity contribution is 5.89. The molecule has 0 saturated carbocycles. The van der Waals surface area contributed by atoms with Crippen molar-refractivity contribution in [3.8, 4) is 0 Å². The van der Waals surface area contributed by atoms with E-state index in [-0.39, 0.29) is 24.2 Å². The van der Waals surface area contributed by atoms with Gasteiger partial charge in [0.05, 0.1) is 35.4 Å². The van der Waals surface area contributed by atoms with Gasteiger partial charge >= 0.3 is 0 Å². The lowest BCUT2D eigenvalue weighted by atomic mass is 10.1. The first kappa shape index (κ1) is 18.0. The Kier molecular flexibility index (Phi) is 4.97. The Morgan fingerprint density at radius 3 is 2.79 bits per heavy atom. The SMILES string of the molecule is CN(Cc1cnc2ccccc2n1)C(=O)C1CC(=O)N(Cc2cccnc2)C1. The molecule has 7 nitrogen and oxygen atoms in total. The summed E-state index contributed by atoms with van der Waals surface area (Å²) in [4.78, 5) is 41.6. The number of pyridine rings is 1. The zero-order valence-corrected chi connectivity index (χ0v) is 15.7. The number of rotatable bonds is 5.